The van der Waals surface area contributed by atoms with Crippen molar-refractivity contribution in [2.45, 2.75) is 26.3 Å². The summed E-state index contributed by atoms with van der Waals surface area (Å²) >= 11 is 0. The molecular weight excluding hydrogens is 338 g/mol. The largest absolute Gasteiger partial charge is 0.494 e. The zero-order valence-electron chi connectivity index (χ0n) is 14.8. The van der Waals surface area contributed by atoms with Gasteiger partial charge in [-0.05, 0) is 55.3 Å². The van der Waals surface area contributed by atoms with Crippen LogP contribution in [-0.2, 0) is 11.2 Å². The number of aromatic amines is 1. The molecule has 136 valence electrons. The Morgan fingerprint density at radius 2 is 2.00 bits per heavy atom. The van der Waals surface area contributed by atoms with E-state index in [9.17, 15) is 13.6 Å². The minimum atomic E-state index is -0.478. The number of aromatic nitrogens is 1. The lowest BCUT2D eigenvalue weighted by Gasteiger charge is -2.15. The number of halogens is 2. The maximum Gasteiger partial charge on any atom is 0.224 e. The molecule has 2 N–H and O–H groups in total. The third-order valence-corrected chi connectivity index (χ3v) is 4.47. The maximum atomic E-state index is 13.8. The van der Waals surface area contributed by atoms with Gasteiger partial charge in [-0.15, -0.1) is 0 Å². The molecule has 1 unspecified atom stereocenters. The van der Waals surface area contributed by atoms with Crippen molar-refractivity contribution in [3.8, 4) is 5.75 Å². The van der Waals surface area contributed by atoms with Crippen LogP contribution in [0.2, 0.25) is 0 Å². The van der Waals surface area contributed by atoms with Gasteiger partial charge in [0.25, 0.3) is 0 Å². The van der Waals surface area contributed by atoms with Crippen LogP contribution in [0.15, 0.2) is 36.4 Å². The summed E-state index contributed by atoms with van der Waals surface area (Å²) in [6.07, 6.45) is 0.109. The molecule has 6 heteroatoms. The van der Waals surface area contributed by atoms with Crippen LogP contribution in [0, 0.1) is 18.6 Å². The number of carbonyl (C=O) groups is 1. The normalized spacial score (nSPS) is 12.2. The van der Waals surface area contributed by atoms with Crippen molar-refractivity contribution in [3.63, 3.8) is 0 Å². The SMILES string of the molecule is COc1ccc(C(C)NC(=O)Cc2c(C)[nH]c3ccc(F)cc23)cc1F. The summed E-state index contributed by atoms with van der Waals surface area (Å²) in [6, 6.07) is 8.66. The number of methoxy groups -OCH3 is 1. The molecule has 0 aliphatic carbocycles. The van der Waals surface area contributed by atoms with Gasteiger partial charge in [-0.1, -0.05) is 6.07 Å². The van der Waals surface area contributed by atoms with E-state index in [4.69, 9.17) is 4.74 Å². The first-order valence-corrected chi connectivity index (χ1v) is 8.28. The zero-order valence-corrected chi connectivity index (χ0v) is 14.8. The molecule has 26 heavy (non-hydrogen) atoms. The van der Waals surface area contributed by atoms with Gasteiger partial charge in [-0.25, -0.2) is 8.78 Å². The van der Waals surface area contributed by atoms with E-state index in [1.54, 1.807) is 19.1 Å². The molecule has 0 saturated heterocycles. The Bertz CT molecular complexity index is 966. The second kappa shape index (κ2) is 7.15. The van der Waals surface area contributed by atoms with Gasteiger partial charge < -0.3 is 15.0 Å². The Morgan fingerprint density at radius 3 is 2.69 bits per heavy atom. The number of H-pyrrole nitrogens is 1. The average Bonchev–Trinajstić information content (AvgIpc) is 2.90. The number of carbonyl (C=O) groups excluding carboxylic acids is 1. The summed E-state index contributed by atoms with van der Waals surface area (Å²) in [5, 5.41) is 3.55. The van der Waals surface area contributed by atoms with Crippen LogP contribution in [0.5, 0.6) is 5.75 Å². The van der Waals surface area contributed by atoms with Gasteiger partial charge in [-0.3, -0.25) is 4.79 Å². The van der Waals surface area contributed by atoms with Crippen LogP contribution >= 0.6 is 0 Å². The van der Waals surface area contributed by atoms with Crippen molar-refractivity contribution in [1.29, 1.82) is 0 Å². The molecule has 0 aliphatic heterocycles. The molecule has 0 aliphatic rings. The Labute approximate surface area is 150 Å². The molecule has 0 spiro atoms. The van der Waals surface area contributed by atoms with E-state index in [0.717, 1.165) is 16.8 Å². The number of benzene rings is 2. The highest BCUT2D eigenvalue weighted by Gasteiger charge is 2.16. The highest BCUT2D eigenvalue weighted by atomic mass is 19.1. The number of amides is 1. The molecule has 0 radical (unpaired) electrons. The van der Waals surface area contributed by atoms with Crippen LogP contribution in [0.3, 0.4) is 0 Å². The maximum absolute atomic E-state index is 13.8. The van der Waals surface area contributed by atoms with E-state index >= 15 is 0 Å². The number of nitrogens with one attached hydrogen (secondary N) is 2. The quantitative estimate of drug-likeness (QED) is 0.719. The Balaban J connectivity index is 1.76. The van der Waals surface area contributed by atoms with Gasteiger partial charge in [0.05, 0.1) is 19.6 Å². The second-order valence-electron chi connectivity index (χ2n) is 6.28. The minimum absolute atomic E-state index is 0.109. The molecule has 0 bridgehead atoms. The van der Waals surface area contributed by atoms with Crippen molar-refractivity contribution in [3.05, 3.63) is 64.9 Å². The van der Waals surface area contributed by atoms with E-state index < -0.39 is 5.82 Å². The summed E-state index contributed by atoms with van der Waals surface area (Å²) in [7, 11) is 1.40. The average molecular weight is 358 g/mol. The Hall–Kier alpha value is -2.89. The first-order chi connectivity index (χ1) is 12.4. The first kappa shape index (κ1) is 17.9. The van der Waals surface area contributed by atoms with Gasteiger partial charge in [0.2, 0.25) is 5.91 Å². The van der Waals surface area contributed by atoms with E-state index in [-0.39, 0.29) is 29.9 Å². The Kier molecular flexibility index (Phi) is 4.93. The molecule has 1 aromatic heterocycles. The molecule has 3 rings (SSSR count). The summed E-state index contributed by atoms with van der Waals surface area (Å²) in [5.74, 6) is -0.889. The molecule has 1 heterocycles. The van der Waals surface area contributed by atoms with E-state index in [1.807, 2.05) is 6.92 Å². The standard InChI is InChI=1S/C20H20F2N2O2/c1-11(13-4-7-19(26-3)17(22)8-13)24-20(25)10-15-12(2)23-18-6-5-14(21)9-16(15)18/h4-9,11,23H,10H2,1-3H3,(H,24,25). The van der Waals surface area contributed by atoms with E-state index in [0.29, 0.717) is 10.9 Å². The van der Waals surface area contributed by atoms with E-state index in [1.165, 1.54) is 31.4 Å². The lowest BCUT2D eigenvalue weighted by atomic mass is 10.1. The fraction of sp³-hybridized carbons (Fsp3) is 0.250. The molecule has 0 fully saturated rings. The van der Waals surface area contributed by atoms with Crippen molar-refractivity contribution < 1.29 is 18.3 Å². The van der Waals surface area contributed by atoms with Gasteiger partial charge >= 0.3 is 0 Å². The molecule has 0 saturated carbocycles. The predicted octanol–water partition coefficient (Wildman–Crippen LogP) is 4.18. The number of fused-ring (bicyclic) bond motifs is 1. The summed E-state index contributed by atoms with van der Waals surface area (Å²) in [4.78, 5) is 15.6. The third kappa shape index (κ3) is 3.54. The van der Waals surface area contributed by atoms with Crippen molar-refractivity contribution in [2.24, 2.45) is 0 Å². The topological polar surface area (TPSA) is 54.1 Å². The van der Waals surface area contributed by atoms with Gasteiger partial charge in [0.15, 0.2) is 11.6 Å². The van der Waals surface area contributed by atoms with E-state index in [2.05, 4.69) is 10.3 Å². The lowest BCUT2D eigenvalue weighted by molar-refractivity contribution is -0.121. The van der Waals surface area contributed by atoms with Crippen LogP contribution < -0.4 is 10.1 Å². The molecule has 2 aromatic carbocycles. The Morgan fingerprint density at radius 1 is 1.23 bits per heavy atom. The van der Waals surface area contributed by atoms with Gasteiger partial charge in [-0.2, -0.15) is 0 Å². The van der Waals surface area contributed by atoms with Crippen LogP contribution in [0.1, 0.15) is 29.8 Å². The molecule has 1 atom stereocenters. The number of aryl methyl sites for hydroxylation is 1. The fourth-order valence-electron chi connectivity index (χ4n) is 3.07. The van der Waals surface area contributed by atoms with Crippen molar-refractivity contribution >= 4 is 16.8 Å². The van der Waals surface area contributed by atoms with Gasteiger partial charge in [0, 0.05) is 16.6 Å². The monoisotopic (exact) mass is 358 g/mol. The molecule has 1 amide bonds. The summed E-state index contributed by atoms with van der Waals surface area (Å²) in [5.41, 5.74) is 3.00. The van der Waals surface area contributed by atoms with Crippen LogP contribution in [-0.4, -0.2) is 18.0 Å². The number of hydrogen-bond acceptors (Lipinski definition) is 2. The first-order valence-electron chi connectivity index (χ1n) is 8.28. The van der Waals surface area contributed by atoms with Crippen LogP contribution in [0.4, 0.5) is 8.78 Å². The molecule has 4 nitrogen and oxygen atoms in total. The minimum Gasteiger partial charge on any atom is -0.494 e. The highest BCUT2D eigenvalue weighted by molar-refractivity contribution is 5.90. The summed E-state index contributed by atoms with van der Waals surface area (Å²) in [6.45, 7) is 3.63. The highest BCUT2D eigenvalue weighted by Crippen LogP contribution is 2.25. The van der Waals surface area contributed by atoms with Crippen LogP contribution in [0.25, 0.3) is 10.9 Å². The third-order valence-electron chi connectivity index (χ3n) is 4.47. The second-order valence-corrected chi connectivity index (χ2v) is 6.28. The number of rotatable bonds is 5. The van der Waals surface area contributed by atoms with Crippen molar-refractivity contribution in [1.82, 2.24) is 10.3 Å². The fourth-order valence-corrected chi connectivity index (χ4v) is 3.07. The number of hydrogen-bond donors (Lipinski definition) is 2. The predicted molar refractivity (Wildman–Crippen MR) is 96.2 cm³/mol. The number of ether oxygens (including phenoxy) is 1. The lowest BCUT2D eigenvalue weighted by Crippen LogP contribution is -2.28. The smallest absolute Gasteiger partial charge is 0.224 e. The summed E-state index contributed by atoms with van der Waals surface area (Å²) < 4.78 is 32.3. The molecule has 3 aromatic rings. The van der Waals surface area contributed by atoms with Gasteiger partial charge in [0.1, 0.15) is 5.82 Å². The zero-order chi connectivity index (χ0) is 18.8. The molecular formula is C20H20F2N2O2. The van der Waals surface area contributed by atoms with Crippen molar-refractivity contribution in [2.75, 3.05) is 7.11 Å².